The van der Waals surface area contributed by atoms with Gasteiger partial charge < -0.3 is 5.11 Å². The van der Waals surface area contributed by atoms with Crippen molar-refractivity contribution in [1.82, 2.24) is 4.90 Å². The molecule has 0 aromatic rings. The minimum absolute atomic E-state index is 0.143. The van der Waals surface area contributed by atoms with Gasteiger partial charge in [-0.1, -0.05) is 12.2 Å². The van der Waals surface area contributed by atoms with Gasteiger partial charge in [-0.2, -0.15) is 0 Å². The normalized spacial score (nSPS) is 24.9. The Morgan fingerprint density at radius 3 is 2.93 bits per heavy atom. The summed E-state index contributed by atoms with van der Waals surface area (Å²) >= 11 is 0. The zero-order chi connectivity index (χ0) is 10.6. The smallest absolute Gasteiger partial charge is 0.131 e. The van der Waals surface area contributed by atoms with E-state index in [1.807, 2.05) is 6.92 Å². The maximum absolute atomic E-state index is 11.1. The fourth-order valence-corrected chi connectivity index (χ4v) is 1.91. The maximum Gasteiger partial charge on any atom is 0.131 e. The van der Waals surface area contributed by atoms with E-state index in [4.69, 9.17) is 5.11 Å². The van der Waals surface area contributed by atoms with Crippen LogP contribution in [0.5, 0.6) is 0 Å². The number of hydrogen-bond donors (Lipinski definition) is 1. The summed E-state index contributed by atoms with van der Waals surface area (Å²) in [4.78, 5) is 13.3. The standard InChI is InChI=1S/C11H19NO2/c1-9(8-13)12-6-4-3-5-11(12)7-10(2)14/h3-4,9,11,13H,5-8H2,1-2H3. The molecule has 0 radical (unpaired) electrons. The molecule has 0 saturated carbocycles. The van der Waals surface area contributed by atoms with Gasteiger partial charge in [0.1, 0.15) is 5.78 Å². The van der Waals surface area contributed by atoms with Gasteiger partial charge in [-0.05, 0) is 20.3 Å². The van der Waals surface area contributed by atoms with Crippen molar-refractivity contribution < 1.29 is 9.90 Å². The third-order valence-corrected chi connectivity index (χ3v) is 2.71. The Kier molecular flexibility index (Phi) is 4.29. The fourth-order valence-electron chi connectivity index (χ4n) is 1.91. The first-order chi connectivity index (χ1) is 6.65. The van der Waals surface area contributed by atoms with Crippen LogP contribution in [0.1, 0.15) is 26.7 Å². The third kappa shape index (κ3) is 2.93. The quantitative estimate of drug-likeness (QED) is 0.683. The molecule has 1 rings (SSSR count). The average molecular weight is 197 g/mol. The first-order valence-corrected chi connectivity index (χ1v) is 5.16. The van der Waals surface area contributed by atoms with Crippen molar-refractivity contribution in [3.63, 3.8) is 0 Å². The van der Waals surface area contributed by atoms with E-state index in [0.29, 0.717) is 6.42 Å². The van der Waals surface area contributed by atoms with Gasteiger partial charge in [-0.3, -0.25) is 9.69 Å². The molecule has 0 fully saturated rings. The topological polar surface area (TPSA) is 40.5 Å². The van der Waals surface area contributed by atoms with Gasteiger partial charge >= 0.3 is 0 Å². The number of carbonyl (C=O) groups excluding carboxylic acids is 1. The lowest BCUT2D eigenvalue weighted by atomic mass is 10.0. The molecule has 0 bridgehead atoms. The Bertz CT molecular complexity index is 225. The third-order valence-electron chi connectivity index (χ3n) is 2.71. The number of ketones is 1. The molecule has 14 heavy (non-hydrogen) atoms. The number of aliphatic hydroxyl groups excluding tert-OH is 1. The molecule has 0 spiro atoms. The van der Waals surface area contributed by atoms with Crippen molar-refractivity contribution in [2.24, 2.45) is 0 Å². The van der Waals surface area contributed by atoms with Gasteiger partial charge in [-0.15, -0.1) is 0 Å². The van der Waals surface area contributed by atoms with Crippen LogP contribution in [0.4, 0.5) is 0 Å². The molecule has 0 aromatic carbocycles. The predicted molar refractivity (Wildman–Crippen MR) is 56.1 cm³/mol. The van der Waals surface area contributed by atoms with Crippen LogP contribution in [0.2, 0.25) is 0 Å². The van der Waals surface area contributed by atoms with Gasteiger partial charge in [0.15, 0.2) is 0 Å². The Morgan fingerprint density at radius 1 is 1.64 bits per heavy atom. The lowest BCUT2D eigenvalue weighted by molar-refractivity contribution is -0.118. The second-order valence-corrected chi connectivity index (χ2v) is 4.00. The molecular formula is C11H19NO2. The maximum atomic E-state index is 11.1. The van der Waals surface area contributed by atoms with E-state index in [-0.39, 0.29) is 24.5 Å². The second-order valence-electron chi connectivity index (χ2n) is 4.00. The van der Waals surface area contributed by atoms with Crippen LogP contribution in [-0.2, 0) is 4.79 Å². The van der Waals surface area contributed by atoms with E-state index >= 15 is 0 Å². The van der Waals surface area contributed by atoms with Gasteiger partial charge in [0, 0.05) is 25.0 Å². The SMILES string of the molecule is CC(=O)CC1CC=CCN1C(C)CO. The molecule has 1 aliphatic heterocycles. The first-order valence-electron chi connectivity index (χ1n) is 5.16. The second kappa shape index (κ2) is 5.27. The summed E-state index contributed by atoms with van der Waals surface area (Å²) in [6.07, 6.45) is 5.73. The van der Waals surface area contributed by atoms with Crippen molar-refractivity contribution in [1.29, 1.82) is 0 Å². The summed E-state index contributed by atoms with van der Waals surface area (Å²) in [6, 6.07) is 0.420. The highest BCUT2D eigenvalue weighted by atomic mass is 16.3. The highest BCUT2D eigenvalue weighted by Gasteiger charge is 2.24. The van der Waals surface area contributed by atoms with Crippen molar-refractivity contribution in [3.05, 3.63) is 12.2 Å². The first kappa shape index (κ1) is 11.4. The van der Waals surface area contributed by atoms with Crippen molar-refractivity contribution in [3.8, 4) is 0 Å². The largest absolute Gasteiger partial charge is 0.395 e. The number of hydrogen-bond acceptors (Lipinski definition) is 3. The van der Waals surface area contributed by atoms with Crippen LogP contribution in [0.15, 0.2) is 12.2 Å². The lowest BCUT2D eigenvalue weighted by Crippen LogP contribution is -2.45. The molecule has 1 heterocycles. The fraction of sp³-hybridized carbons (Fsp3) is 0.727. The number of nitrogens with zero attached hydrogens (tertiary/aromatic N) is 1. The Morgan fingerprint density at radius 2 is 2.36 bits per heavy atom. The van der Waals surface area contributed by atoms with E-state index in [2.05, 4.69) is 17.1 Å². The summed E-state index contributed by atoms with van der Waals surface area (Å²) in [6.45, 7) is 4.62. The molecule has 3 heteroatoms. The Balaban J connectivity index is 2.60. The molecule has 2 unspecified atom stereocenters. The molecule has 0 saturated heterocycles. The van der Waals surface area contributed by atoms with E-state index < -0.39 is 0 Å². The zero-order valence-corrected chi connectivity index (χ0v) is 8.94. The van der Waals surface area contributed by atoms with Gasteiger partial charge in [0.05, 0.1) is 6.61 Å². The van der Waals surface area contributed by atoms with E-state index in [9.17, 15) is 4.79 Å². The van der Waals surface area contributed by atoms with Gasteiger partial charge in [-0.25, -0.2) is 0 Å². The van der Waals surface area contributed by atoms with Crippen LogP contribution in [-0.4, -0.2) is 41.0 Å². The van der Waals surface area contributed by atoms with E-state index in [1.165, 1.54) is 0 Å². The number of rotatable bonds is 4. The van der Waals surface area contributed by atoms with Crippen LogP contribution < -0.4 is 0 Å². The van der Waals surface area contributed by atoms with Crippen LogP contribution in [0, 0.1) is 0 Å². The van der Waals surface area contributed by atoms with Crippen molar-refractivity contribution in [2.45, 2.75) is 38.8 Å². The summed E-state index contributed by atoms with van der Waals surface area (Å²) in [5, 5.41) is 9.09. The molecule has 1 aliphatic rings. The highest BCUT2D eigenvalue weighted by Crippen LogP contribution is 2.17. The zero-order valence-electron chi connectivity index (χ0n) is 8.94. The van der Waals surface area contributed by atoms with Gasteiger partial charge in [0.2, 0.25) is 0 Å². The predicted octanol–water partition coefficient (Wildman–Crippen LogP) is 0.977. The van der Waals surface area contributed by atoms with Crippen LogP contribution >= 0.6 is 0 Å². The highest BCUT2D eigenvalue weighted by molar-refractivity contribution is 5.76. The summed E-state index contributed by atoms with van der Waals surface area (Å²) in [7, 11) is 0. The van der Waals surface area contributed by atoms with E-state index in [1.54, 1.807) is 6.92 Å². The molecule has 0 amide bonds. The Hall–Kier alpha value is -0.670. The van der Waals surface area contributed by atoms with Crippen molar-refractivity contribution >= 4 is 5.78 Å². The average Bonchev–Trinajstić information content (AvgIpc) is 2.16. The monoisotopic (exact) mass is 197 g/mol. The molecule has 2 atom stereocenters. The lowest BCUT2D eigenvalue weighted by Gasteiger charge is -2.36. The van der Waals surface area contributed by atoms with Crippen molar-refractivity contribution in [2.75, 3.05) is 13.2 Å². The summed E-state index contributed by atoms with van der Waals surface area (Å²) in [5.74, 6) is 0.223. The molecule has 3 nitrogen and oxygen atoms in total. The minimum Gasteiger partial charge on any atom is -0.395 e. The molecule has 0 aliphatic carbocycles. The number of carbonyl (C=O) groups is 1. The van der Waals surface area contributed by atoms with E-state index in [0.717, 1.165) is 13.0 Å². The molecule has 80 valence electrons. The Labute approximate surface area is 85.4 Å². The minimum atomic E-state index is 0.143. The number of Topliss-reactive ketones (excluding diaryl/α,β-unsaturated/α-hetero) is 1. The summed E-state index contributed by atoms with van der Waals surface area (Å²) in [5.41, 5.74) is 0. The number of aliphatic hydroxyl groups is 1. The van der Waals surface area contributed by atoms with Crippen LogP contribution in [0.25, 0.3) is 0 Å². The van der Waals surface area contributed by atoms with Gasteiger partial charge in [0.25, 0.3) is 0 Å². The summed E-state index contributed by atoms with van der Waals surface area (Å²) < 4.78 is 0. The molecular weight excluding hydrogens is 178 g/mol. The molecule has 0 aromatic heterocycles. The van der Waals surface area contributed by atoms with Crippen LogP contribution in [0.3, 0.4) is 0 Å². The molecule has 1 N–H and O–H groups in total.